The summed E-state index contributed by atoms with van der Waals surface area (Å²) < 4.78 is 30.8. The zero-order valence-electron chi connectivity index (χ0n) is 13.4. The van der Waals surface area contributed by atoms with Crippen molar-refractivity contribution in [1.82, 2.24) is 23.4 Å². The maximum Gasteiger partial charge on any atom is 0.281 e. The smallest absolute Gasteiger partial charge is 0.281 e. The monoisotopic (exact) mass is 347 g/mol. The van der Waals surface area contributed by atoms with Crippen LogP contribution in [-0.2, 0) is 16.8 Å². The van der Waals surface area contributed by atoms with Crippen LogP contribution in [0.2, 0.25) is 0 Å². The molecule has 0 amide bonds. The second-order valence-corrected chi connectivity index (χ2v) is 7.71. The zero-order valence-corrected chi connectivity index (χ0v) is 15.1. The Bertz CT molecular complexity index is 640. The molecule has 2 heterocycles. The molecule has 2 rings (SSSR count). The highest BCUT2D eigenvalue weighted by Gasteiger charge is 2.33. The first-order valence-electron chi connectivity index (χ1n) is 7.85. The lowest BCUT2D eigenvalue weighted by molar-refractivity contribution is 0.284. The lowest BCUT2D eigenvalue weighted by Gasteiger charge is -2.34. The second-order valence-electron chi connectivity index (χ2n) is 5.40. The Hall–Kier alpha value is -0.770. The zero-order chi connectivity index (χ0) is 16.3. The van der Waals surface area contributed by atoms with E-state index in [9.17, 15) is 8.42 Å². The van der Waals surface area contributed by atoms with E-state index in [1.165, 1.54) is 4.31 Å². The first kappa shape index (κ1) is 17.6. The molecule has 22 heavy (non-hydrogen) atoms. The van der Waals surface area contributed by atoms with Gasteiger partial charge in [-0.2, -0.15) is 22.1 Å². The Morgan fingerprint density at radius 3 is 2.36 bits per heavy atom. The molecule has 1 aliphatic rings. The van der Waals surface area contributed by atoms with Crippen molar-refractivity contribution < 1.29 is 8.42 Å². The lowest BCUT2D eigenvalue weighted by Crippen LogP contribution is -2.46. The third-order valence-corrected chi connectivity index (χ3v) is 6.78. The van der Waals surface area contributed by atoms with Crippen molar-refractivity contribution in [3.63, 3.8) is 0 Å². The average Bonchev–Trinajstić information content (AvgIpc) is 2.89. The fraction of sp³-hybridized carbons (Fsp3) is 0.846. The molecule has 1 aromatic heterocycles. The largest absolute Gasteiger partial charge is 0.304 e. The molecule has 1 aromatic rings. The Morgan fingerprint density at radius 2 is 1.86 bits per heavy atom. The van der Waals surface area contributed by atoms with Crippen LogP contribution in [0, 0.1) is 4.77 Å². The summed E-state index contributed by atoms with van der Waals surface area (Å²) in [7, 11) is -3.33. The third-order valence-electron chi connectivity index (χ3n) is 4.28. The SMILES string of the molecule is CCN(CC)S(=O)(=O)N1CCC(c2n[nH]c(=S)n2CC)CC1. The minimum Gasteiger partial charge on any atom is -0.304 e. The summed E-state index contributed by atoms with van der Waals surface area (Å²) in [4.78, 5) is 0. The van der Waals surface area contributed by atoms with Crippen LogP contribution in [0.5, 0.6) is 0 Å². The number of hydrogen-bond acceptors (Lipinski definition) is 4. The molecule has 1 N–H and O–H groups in total. The molecule has 0 bridgehead atoms. The van der Waals surface area contributed by atoms with E-state index in [0.29, 0.717) is 31.0 Å². The van der Waals surface area contributed by atoms with E-state index >= 15 is 0 Å². The van der Waals surface area contributed by atoms with E-state index in [-0.39, 0.29) is 5.92 Å². The van der Waals surface area contributed by atoms with Gasteiger partial charge in [-0.05, 0) is 32.0 Å². The van der Waals surface area contributed by atoms with Gasteiger partial charge < -0.3 is 4.57 Å². The van der Waals surface area contributed by atoms with Gasteiger partial charge in [-0.3, -0.25) is 5.10 Å². The number of nitrogens with zero attached hydrogens (tertiary/aromatic N) is 4. The molecule has 0 aliphatic carbocycles. The standard InChI is InChI=1S/C13H25N5O2S2/c1-4-16(5-2)22(19,20)17-9-7-11(8-10-17)12-14-15-13(21)18(12)6-3/h11H,4-10H2,1-3H3,(H,15,21). The summed E-state index contributed by atoms with van der Waals surface area (Å²) >= 11 is 5.22. The van der Waals surface area contributed by atoms with Crippen LogP contribution in [0.1, 0.15) is 45.4 Å². The summed E-state index contributed by atoms with van der Waals surface area (Å²) in [6.45, 7) is 8.64. The number of hydrogen-bond donors (Lipinski definition) is 1. The van der Waals surface area contributed by atoms with Gasteiger partial charge in [0.25, 0.3) is 10.2 Å². The molecule has 0 unspecified atom stereocenters. The number of aromatic nitrogens is 3. The number of rotatable bonds is 6. The molecule has 1 aliphatic heterocycles. The molecule has 0 radical (unpaired) electrons. The average molecular weight is 348 g/mol. The van der Waals surface area contributed by atoms with Crippen molar-refractivity contribution >= 4 is 22.4 Å². The molecular weight excluding hydrogens is 322 g/mol. The number of nitrogens with one attached hydrogen (secondary N) is 1. The van der Waals surface area contributed by atoms with Gasteiger partial charge in [0, 0.05) is 38.6 Å². The fourth-order valence-corrected chi connectivity index (χ4v) is 4.92. The van der Waals surface area contributed by atoms with E-state index in [2.05, 4.69) is 10.2 Å². The Kier molecular flexibility index (Phi) is 5.76. The van der Waals surface area contributed by atoms with Crippen molar-refractivity contribution in [1.29, 1.82) is 0 Å². The minimum atomic E-state index is -3.33. The Labute approximate surface area is 137 Å². The van der Waals surface area contributed by atoms with Gasteiger partial charge in [0.2, 0.25) is 0 Å². The second kappa shape index (κ2) is 7.20. The predicted octanol–water partition coefficient (Wildman–Crippen LogP) is 1.73. The highest BCUT2D eigenvalue weighted by atomic mass is 32.2. The summed E-state index contributed by atoms with van der Waals surface area (Å²) in [5, 5.41) is 7.17. The summed E-state index contributed by atoms with van der Waals surface area (Å²) in [5.74, 6) is 1.21. The summed E-state index contributed by atoms with van der Waals surface area (Å²) in [6.07, 6.45) is 1.56. The van der Waals surface area contributed by atoms with Crippen LogP contribution in [0.25, 0.3) is 0 Å². The first-order valence-corrected chi connectivity index (χ1v) is 9.66. The normalized spacial score (nSPS) is 18.2. The van der Waals surface area contributed by atoms with E-state index in [0.717, 1.165) is 25.2 Å². The molecule has 0 spiro atoms. The van der Waals surface area contributed by atoms with Crippen molar-refractivity contribution in [2.24, 2.45) is 0 Å². The van der Waals surface area contributed by atoms with Crippen molar-refractivity contribution in [2.45, 2.75) is 46.1 Å². The molecule has 126 valence electrons. The first-order chi connectivity index (χ1) is 10.5. The number of aromatic amines is 1. The molecular formula is C13H25N5O2S2. The fourth-order valence-electron chi connectivity index (χ4n) is 3.01. The predicted molar refractivity (Wildman–Crippen MR) is 88.5 cm³/mol. The number of H-pyrrole nitrogens is 1. The molecule has 1 fully saturated rings. The minimum absolute atomic E-state index is 0.260. The molecule has 7 nitrogen and oxygen atoms in total. The lowest BCUT2D eigenvalue weighted by atomic mass is 9.97. The maximum absolute atomic E-state index is 12.5. The Balaban J connectivity index is 2.09. The van der Waals surface area contributed by atoms with Crippen LogP contribution in [0.4, 0.5) is 0 Å². The van der Waals surface area contributed by atoms with Gasteiger partial charge in [0.15, 0.2) is 4.77 Å². The van der Waals surface area contributed by atoms with Crippen LogP contribution in [-0.4, -0.2) is 58.0 Å². The van der Waals surface area contributed by atoms with Gasteiger partial charge in [0.1, 0.15) is 5.82 Å². The van der Waals surface area contributed by atoms with Gasteiger partial charge >= 0.3 is 0 Å². The van der Waals surface area contributed by atoms with E-state index in [4.69, 9.17) is 12.2 Å². The van der Waals surface area contributed by atoms with Gasteiger partial charge in [-0.25, -0.2) is 0 Å². The molecule has 0 atom stereocenters. The van der Waals surface area contributed by atoms with Crippen LogP contribution >= 0.6 is 12.2 Å². The quantitative estimate of drug-likeness (QED) is 0.795. The van der Waals surface area contributed by atoms with Crippen molar-refractivity contribution in [2.75, 3.05) is 26.2 Å². The summed E-state index contributed by atoms with van der Waals surface area (Å²) in [6, 6.07) is 0. The topological polar surface area (TPSA) is 74.2 Å². The van der Waals surface area contributed by atoms with E-state index in [1.54, 1.807) is 4.31 Å². The molecule has 0 saturated carbocycles. The van der Waals surface area contributed by atoms with Crippen LogP contribution in [0.15, 0.2) is 0 Å². The molecule has 1 saturated heterocycles. The number of piperidine rings is 1. The highest BCUT2D eigenvalue weighted by molar-refractivity contribution is 7.86. The van der Waals surface area contributed by atoms with Crippen LogP contribution in [0.3, 0.4) is 0 Å². The van der Waals surface area contributed by atoms with E-state index < -0.39 is 10.2 Å². The highest BCUT2D eigenvalue weighted by Crippen LogP contribution is 2.28. The van der Waals surface area contributed by atoms with E-state index in [1.807, 2.05) is 25.3 Å². The van der Waals surface area contributed by atoms with Crippen molar-refractivity contribution in [3.05, 3.63) is 10.6 Å². The third kappa shape index (κ3) is 3.27. The van der Waals surface area contributed by atoms with Crippen LogP contribution < -0.4 is 0 Å². The summed E-state index contributed by atoms with van der Waals surface area (Å²) in [5.41, 5.74) is 0. The molecule has 9 heteroatoms. The van der Waals surface area contributed by atoms with Gasteiger partial charge in [-0.1, -0.05) is 13.8 Å². The maximum atomic E-state index is 12.5. The van der Waals surface area contributed by atoms with Gasteiger partial charge in [-0.15, -0.1) is 0 Å². The van der Waals surface area contributed by atoms with Crippen molar-refractivity contribution in [3.8, 4) is 0 Å². The Morgan fingerprint density at radius 1 is 1.27 bits per heavy atom. The molecule has 0 aromatic carbocycles. The van der Waals surface area contributed by atoms with Gasteiger partial charge in [0.05, 0.1) is 0 Å².